The number of aliphatic hydroxyl groups excluding tert-OH is 14. The van der Waals surface area contributed by atoms with E-state index in [0.717, 1.165) is 0 Å². The van der Waals surface area contributed by atoms with E-state index in [1.807, 2.05) is 0 Å². The number of ether oxygens (including phenoxy) is 14. The third-order valence-electron chi connectivity index (χ3n) is 14.8. The van der Waals surface area contributed by atoms with Gasteiger partial charge in [0.25, 0.3) is 0 Å². The molecule has 15 aliphatic rings. The second-order valence-corrected chi connectivity index (χ2v) is 22.2. The van der Waals surface area contributed by atoms with Crippen LogP contribution < -0.4 is 0 Å². The minimum atomic E-state index is -1.99. The molecule has 77 heavy (non-hydrogen) atoms. The second kappa shape index (κ2) is 27.8. The maximum Gasteiger partial charge on any atom is 0.187 e. The molecule has 15 rings (SSSR count). The molecule has 15 aliphatic heterocycles. The van der Waals surface area contributed by atoms with Gasteiger partial charge in [-0.15, -0.1) is 0 Å². The fraction of sp³-hybridized carbons (Fsp3) is 1.00. The standard InChI is InChI=1S/C42H70O28S7/c43-15-22(50)36-57-8(1-71)29(15)64-37-23(51)16(44)31(10(3-73)58-37)66-39-25(53)18(46)33(12(5-75)60-39)68-41-27(55)20(48)35(14(7-77)62-41)70-42-28(56)21(49)34(13(6-76)63-42)69-40-26(54)19(47)32(11(4-74)61-40)67-38-24(52)17(45)30(65-36)9(2-72)59-38/h8-56,71-77H,1-7H2/t8-,9-,10-,11-,12-,13-,14-,15-,16-,17-,18-,19+,20+,21+,22-,23-,24-,25-,26+,27+,28+,29-,30-,31-,32-,33-,34-,35-,36+,37+,38+,39+,40+,41+,42+/m1/s1. The van der Waals surface area contributed by atoms with Crippen molar-refractivity contribution in [3.63, 3.8) is 0 Å². The van der Waals surface area contributed by atoms with Gasteiger partial charge >= 0.3 is 0 Å². The molecule has 15 fully saturated rings. The molecule has 0 unspecified atom stereocenters. The summed E-state index contributed by atoms with van der Waals surface area (Å²) >= 11 is 30.2. The quantitative estimate of drug-likeness (QED) is 0.105. The van der Waals surface area contributed by atoms with Gasteiger partial charge in [-0.2, -0.15) is 88.4 Å². The molecule has 35 atom stereocenters. The maximum absolute atomic E-state index is 11.5. The summed E-state index contributed by atoms with van der Waals surface area (Å²) < 4.78 is 83.5. The van der Waals surface area contributed by atoms with Crippen molar-refractivity contribution in [2.75, 3.05) is 40.3 Å². The zero-order valence-electron chi connectivity index (χ0n) is 40.3. The molecule has 35 heteroatoms. The Kier molecular flexibility index (Phi) is 23.2. The SMILES string of the molecule is O[C@@H]1[C@@H]2O[C@H]3[C@H](O)[C@@H](O)[C@H](O[C@H]4[C@H](O)[C@@H](O)[C@H](O[C@H]5[C@H](O)[C@@H](O)[C@H](O[C@H]6[C@H](O)[C@@H](O)[C@H](O[C@H]7[C@@H](O)[C@H](O)[C@H](O[C@H]8[C@@H](O)[C@H](O)[C@H](O[C@@H]([C@H]1O)[C@@H](CS)O2)O[C@@H]8CS)O[C@@H]7CS)O[C@@H]6CS)O[C@@H]5CS)O[C@@H]4CS)O[C@@H]3CS. The van der Waals surface area contributed by atoms with E-state index in [4.69, 9.17) is 66.3 Å². The highest BCUT2D eigenvalue weighted by Gasteiger charge is 2.59. The molecule has 15 heterocycles. The molecule has 0 aromatic carbocycles. The Hall–Kier alpha value is 1.33. The van der Waals surface area contributed by atoms with Crippen molar-refractivity contribution in [2.24, 2.45) is 0 Å². The minimum Gasteiger partial charge on any atom is -0.387 e. The summed E-state index contributed by atoms with van der Waals surface area (Å²) in [6, 6.07) is 0. The zero-order valence-corrected chi connectivity index (χ0v) is 46.5. The van der Waals surface area contributed by atoms with E-state index >= 15 is 0 Å². The lowest BCUT2D eigenvalue weighted by atomic mass is 9.95. The van der Waals surface area contributed by atoms with E-state index in [1.54, 1.807) is 0 Å². The van der Waals surface area contributed by atoms with Crippen LogP contribution >= 0.6 is 88.4 Å². The third kappa shape index (κ3) is 13.1. The Bertz CT molecular complexity index is 1490. The van der Waals surface area contributed by atoms with Crippen molar-refractivity contribution in [3.05, 3.63) is 0 Å². The highest BCUT2D eigenvalue weighted by molar-refractivity contribution is 7.81. The Morgan fingerprint density at radius 1 is 0.169 bits per heavy atom. The fourth-order valence-electron chi connectivity index (χ4n) is 10.4. The lowest BCUT2D eigenvalue weighted by Crippen LogP contribution is -2.68. The van der Waals surface area contributed by atoms with Gasteiger partial charge in [0, 0.05) is 40.3 Å². The van der Waals surface area contributed by atoms with Crippen LogP contribution in [0.2, 0.25) is 0 Å². The average molecular weight is 1250 g/mol. The van der Waals surface area contributed by atoms with Gasteiger partial charge in [-0.1, -0.05) is 0 Å². The van der Waals surface area contributed by atoms with Crippen LogP contribution in [0.25, 0.3) is 0 Å². The number of hydrogen-bond acceptors (Lipinski definition) is 35. The van der Waals surface area contributed by atoms with Gasteiger partial charge in [-0.25, -0.2) is 0 Å². The Labute approximate surface area is 478 Å². The van der Waals surface area contributed by atoms with Crippen molar-refractivity contribution in [2.45, 2.75) is 215 Å². The highest BCUT2D eigenvalue weighted by Crippen LogP contribution is 2.39. The van der Waals surface area contributed by atoms with Crippen molar-refractivity contribution in [1.82, 2.24) is 0 Å². The predicted octanol–water partition coefficient (Wildman–Crippen LogP) is -8.67. The average Bonchev–Trinajstić information content (AvgIpc) is 3.42. The van der Waals surface area contributed by atoms with E-state index in [0.29, 0.717) is 0 Å². The van der Waals surface area contributed by atoms with Crippen LogP contribution in [0, 0.1) is 0 Å². The molecular formula is C42H70O28S7. The van der Waals surface area contributed by atoms with Crippen LogP contribution in [-0.2, 0) is 66.3 Å². The lowest BCUT2D eigenvalue weighted by Gasteiger charge is -2.50. The molecule has 0 saturated carbocycles. The normalized spacial score (nSPS) is 55.4. The topological polar surface area (TPSA) is 412 Å². The second-order valence-electron chi connectivity index (χ2n) is 19.7. The zero-order chi connectivity index (χ0) is 56.1. The van der Waals surface area contributed by atoms with Gasteiger partial charge < -0.3 is 138 Å². The van der Waals surface area contributed by atoms with Crippen LogP contribution in [-0.4, -0.2) is 327 Å². The number of fused-ring (bicyclic) bond motifs is 7. The Morgan fingerprint density at radius 2 is 0.273 bits per heavy atom. The van der Waals surface area contributed by atoms with E-state index < -0.39 is 215 Å². The number of thiol groups is 7. The third-order valence-corrected chi connectivity index (χ3v) is 17.3. The summed E-state index contributed by atoms with van der Waals surface area (Å²) in [6.07, 6.45) is -59.8. The summed E-state index contributed by atoms with van der Waals surface area (Å²) in [5.41, 5.74) is 0. The number of rotatable bonds is 7. The van der Waals surface area contributed by atoms with Crippen molar-refractivity contribution in [1.29, 1.82) is 0 Å². The van der Waals surface area contributed by atoms with Crippen LogP contribution in [0.4, 0.5) is 0 Å². The van der Waals surface area contributed by atoms with Gasteiger partial charge in [0.15, 0.2) is 44.0 Å². The van der Waals surface area contributed by atoms with Crippen LogP contribution in [0.15, 0.2) is 0 Å². The lowest BCUT2D eigenvalue weighted by molar-refractivity contribution is -0.389. The first-order valence-corrected chi connectivity index (χ1v) is 29.0. The summed E-state index contributed by atoms with van der Waals surface area (Å²) in [7, 11) is 0. The molecule has 0 spiro atoms. The van der Waals surface area contributed by atoms with Gasteiger partial charge in [0.2, 0.25) is 0 Å². The van der Waals surface area contributed by atoms with E-state index in [1.165, 1.54) is 0 Å². The molecule has 0 aliphatic carbocycles. The summed E-state index contributed by atoms with van der Waals surface area (Å²) in [5, 5.41) is 160. The van der Waals surface area contributed by atoms with Gasteiger partial charge in [-0.3, -0.25) is 0 Å². The maximum atomic E-state index is 11.5. The molecule has 0 amide bonds. The van der Waals surface area contributed by atoms with E-state index in [2.05, 4.69) is 88.4 Å². The molecule has 28 nitrogen and oxygen atoms in total. The fourth-order valence-corrected chi connectivity index (χ4v) is 12.5. The monoisotopic (exact) mass is 1250 g/mol. The first-order chi connectivity index (χ1) is 36.7. The first-order valence-electron chi connectivity index (χ1n) is 24.6. The molecule has 14 N–H and O–H groups in total. The van der Waals surface area contributed by atoms with Gasteiger partial charge in [0.1, 0.15) is 128 Å². The molecule has 14 bridgehead atoms. The number of hydrogen-bond donors (Lipinski definition) is 21. The van der Waals surface area contributed by atoms with Crippen molar-refractivity contribution < 1.29 is 138 Å². The highest BCUT2D eigenvalue weighted by atomic mass is 32.1. The minimum absolute atomic E-state index is 0.240. The predicted molar refractivity (Wildman–Crippen MR) is 276 cm³/mol. The molecule has 0 radical (unpaired) electrons. The van der Waals surface area contributed by atoms with Crippen molar-refractivity contribution in [3.8, 4) is 0 Å². The molecule has 15 saturated heterocycles. The van der Waals surface area contributed by atoms with Crippen LogP contribution in [0.3, 0.4) is 0 Å². The molecule has 448 valence electrons. The molecule has 0 aromatic heterocycles. The molecular weight excluding hydrogens is 1180 g/mol. The Morgan fingerprint density at radius 3 is 0.364 bits per heavy atom. The Balaban J connectivity index is 1.08. The molecule has 0 aromatic rings. The smallest absolute Gasteiger partial charge is 0.187 e. The van der Waals surface area contributed by atoms with Crippen LogP contribution in [0.5, 0.6) is 0 Å². The van der Waals surface area contributed by atoms with E-state index in [9.17, 15) is 71.5 Å². The van der Waals surface area contributed by atoms with Gasteiger partial charge in [-0.05, 0) is 0 Å². The number of aliphatic hydroxyl groups is 14. The van der Waals surface area contributed by atoms with Crippen molar-refractivity contribution >= 4 is 88.4 Å². The van der Waals surface area contributed by atoms with Gasteiger partial charge in [0.05, 0.1) is 42.7 Å². The summed E-state index contributed by atoms with van der Waals surface area (Å²) in [4.78, 5) is 0. The van der Waals surface area contributed by atoms with Crippen LogP contribution in [0.1, 0.15) is 0 Å². The largest absolute Gasteiger partial charge is 0.387 e. The summed E-state index contributed by atoms with van der Waals surface area (Å²) in [5.74, 6) is -1.68. The van der Waals surface area contributed by atoms with E-state index in [-0.39, 0.29) is 40.3 Å². The first kappa shape index (κ1) is 64.3. The summed E-state index contributed by atoms with van der Waals surface area (Å²) in [6.45, 7) is 0.